The number of amides is 2. The molecule has 2 rings (SSSR count). The average molecular weight is 375 g/mol. The van der Waals surface area contributed by atoms with Gasteiger partial charge in [0.1, 0.15) is 0 Å². The Morgan fingerprint density at radius 3 is 2.23 bits per heavy atom. The molecule has 0 aliphatic carbocycles. The van der Waals surface area contributed by atoms with Crippen molar-refractivity contribution in [1.29, 1.82) is 0 Å². The molecule has 1 unspecified atom stereocenters. The Bertz CT molecular complexity index is 717. The monoisotopic (exact) mass is 374 g/mol. The summed E-state index contributed by atoms with van der Waals surface area (Å²) in [6.45, 7) is 6.71. The first-order valence-corrected chi connectivity index (χ1v) is 9.03. The van der Waals surface area contributed by atoms with Crippen molar-refractivity contribution >= 4 is 23.3 Å². The Hall–Kier alpha value is -2.04. The number of hydrogen-bond donors (Lipinski definition) is 2. The molecule has 0 saturated carbocycles. The van der Waals surface area contributed by atoms with E-state index in [4.69, 9.17) is 16.3 Å². The molecule has 0 heterocycles. The van der Waals surface area contributed by atoms with E-state index in [0.29, 0.717) is 17.3 Å². The van der Waals surface area contributed by atoms with Crippen LogP contribution in [0.25, 0.3) is 0 Å². The molecule has 2 aromatic rings. The van der Waals surface area contributed by atoms with Gasteiger partial charge >= 0.3 is 6.03 Å². The fourth-order valence-electron chi connectivity index (χ4n) is 2.76. The molecule has 4 nitrogen and oxygen atoms in total. The van der Waals surface area contributed by atoms with E-state index in [1.165, 1.54) is 5.56 Å². The van der Waals surface area contributed by atoms with Crippen molar-refractivity contribution in [2.24, 2.45) is 5.41 Å². The van der Waals surface area contributed by atoms with Crippen molar-refractivity contribution in [3.63, 3.8) is 0 Å². The summed E-state index contributed by atoms with van der Waals surface area (Å²) in [5.74, 6) is 0. The van der Waals surface area contributed by atoms with Crippen LogP contribution in [-0.2, 0) is 11.2 Å². The highest BCUT2D eigenvalue weighted by Gasteiger charge is 2.41. The third-order valence-corrected chi connectivity index (χ3v) is 5.39. The van der Waals surface area contributed by atoms with Gasteiger partial charge < -0.3 is 15.4 Å². The summed E-state index contributed by atoms with van der Waals surface area (Å²) in [6.07, 6.45) is 0.788. The van der Waals surface area contributed by atoms with Gasteiger partial charge in [-0.15, -0.1) is 0 Å². The molecule has 2 N–H and O–H groups in total. The zero-order valence-corrected chi connectivity index (χ0v) is 16.6. The molecule has 2 aromatic carbocycles. The van der Waals surface area contributed by atoms with Crippen LogP contribution in [0.4, 0.5) is 10.5 Å². The number of carbonyl (C=O) groups is 1. The summed E-state index contributed by atoms with van der Waals surface area (Å²) >= 11 is 5.87. The quantitative estimate of drug-likeness (QED) is 0.705. The second-order valence-electron chi connectivity index (χ2n) is 7.25. The largest absolute Gasteiger partial charge is 0.378 e. The topological polar surface area (TPSA) is 50.4 Å². The highest BCUT2D eigenvalue weighted by Crippen LogP contribution is 2.36. The minimum Gasteiger partial charge on any atom is -0.378 e. The highest BCUT2D eigenvalue weighted by atomic mass is 35.5. The maximum Gasteiger partial charge on any atom is 0.319 e. The van der Waals surface area contributed by atoms with Gasteiger partial charge in [0.25, 0.3) is 0 Å². The van der Waals surface area contributed by atoms with E-state index in [-0.39, 0.29) is 11.4 Å². The molecule has 0 bridgehead atoms. The first-order valence-electron chi connectivity index (χ1n) is 8.65. The lowest BCUT2D eigenvalue weighted by Crippen LogP contribution is -2.52. The Balaban J connectivity index is 2.06. The molecule has 0 fully saturated rings. The van der Waals surface area contributed by atoms with Crippen LogP contribution < -0.4 is 10.6 Å². The van der Waals surface area contributed by atoms with Crippen LogP contribution in [-0.4, -0.2) is 25.3 Å². The number of nitrogens with one attached hydrogen (secondary N) is 2. The molecule has 26 heavy (non-hydrogen) atoms. The first kappa shape index (κ1) is 20.3. The highest BCUT2D eigenvalue weighted by molar-refractivity contribution is 6.30. The van der Waals surface area contributed by atoms with E-state index in [9.17, 15) is 4.79 Å². The number of hydrogen-bond acceptors (Lipinski definition) is 2. The second-order valence-corrected chi connectivity index (χ2v) is 7.69. The number of urea groups is 1. The average Bonchev–Trinajstić information content (AvgIpc) is 2.63. The number of halogens is 1. The first-order chi connectivity index (χ1) is 12.3. The van der Waals surface area contributed by atoms with Crippen LogP contribution in [0.3, 0.4) is 0 Å². The van der Waals surface area contributed by atoms with E-state index in [1.807, 2.05) is 18.2 Å². The van der Waals surface area contributed by atoms with Crippen molar-refractivity contribution in [1.82, 2.24) is 5.32 Å². The van der Waals surface area contributed by atoms with Crippen molar-refractivity contribution in [3.8, 4) is 0 Å². The number of carbonyl (C=O) groups excluding carboxylic acids is 1. The fraction of sp³-hybridized carbons (Fsp3) is 0.381. The summed E-state index contributed by atoms with van der Waals surface area (Å²) in [6, 6.07) is 17.0. The summed E-state index contributed by atoms with van der Waals surface area (Å²) in [5, 5.41) is 6.44. The van der Waals surface area contributed by atoms with Gasteiger partial charge in [-0.25, -0.2) is 4.79 Å². The summed E-state index contributed by atoms with van der Waals surface area (Å²) in [4.78, 5) is 12.3. The van der Waals surface area contributed by atoms with E-state index in [1.54, 1.807) is 31.4 Å². The maximum absolute atomic E-state index is 12.3. The molecule has 0 radical (unpaired) electrons. The summed E-state index contributed by atoms with van der Waals surface area (Å²) in [5.41, 5.74) is 1.19. The lowest BCUT2D eigenvalue weighted by molar-refractivity contribution is -0.0771. The zero-order valence-electron chi connectivity index (χ0n) is 15.8. The van der Waals surface area contributed by atoms with Gasteiger partial charge in [0.2, 0.25) is 0 Å². The summed E-state index contributed by atoms with van der Waals surface area (Å²) < 4.78 is 5.75. The molecule has 2 amide bonds. The van der Waals surface area contributed by atoms with E-state index in [0.717, 1.165) is 6.42 Å². The normalized spacial score (nSPS) is 13.7. The SMILES string of the molecule is COC(C)(C)C(C)(CNC(=O)Nc1ccc(Cl)cc1)Cc1ccccc1. The van der Waals surface area contributed by atoms with Crippen molar-refractivity contribution in [2.45, 2.75) is 32.8 Å². The van der Waals surface area contributed by atoms with Gasteiger partial charge in [0.15, 0.2) is 0 Å². The molecule has 1 atom stereocenters. The number of rotatable bonds is 7. The lowest BCUT2D eigenvalue weighted by Gasteiger charge is -2.43. The smallest absolute Gasteiger partial charge is 0.319 e. The molecule has 0 aromatic heterocycles. The summed E-state index contributed by atoms with van der Waals surface area (Å²) in [7, 11) is 1.71. The van der Waals surface area contributed by atoms with E-state index >= 15 is 0 Å². The van der Waals surface area contributed by atoms with E-state index < -0.39 is 5.60 Å². The minimum absolute atomic E-state index is 0.251. The van der Waals surface area contributed by atoms with Crippen molar-refractivity contribution < 1.29 is 9.53 Å². The van der Waals surface area contributed by atoms with Gasteiger partial charge in [-0.2, -0.15) is 0 Å². The molecule has 0 saturated heterocycles. The fourth-order valence-corrected chi connectivity index (χ4v) is 2.89. The molecule has 140 valence electrons. The Morgan fingerprint density at radius 2 is 1.65 bits per heavy atom. The lowest BCUT2D eigenvalue weighted by atomic mass is 9.71. The van der Waals surface area contributed by atoms with Gasteiger partial charge in [-0.1, -0.05) is 48.9 Å². The van der Waals surface area contributed by atoms with Gasteiger partial charge in [-0.3, -0.25) is 0 Å². The Kier molecular flexibility index (Phi) is 6.68. The maximum atomic E-state index is 12.3. The van der Waals surface area contributed by atoms with Crippen LogP contribution in [0.2, 0.25) is 5.02 Å². The number of benzene rings is 2. The molecular weight excluding hydrogens is 348 g/mol. The third kappa shape index (κ3) is 5.23. The zero-order chi connectivity index (χ0) is 19.2. The molecular formula is C21H27ClN2O2. The predicted octanol–water partition coefficient (Wildman–Crippen LogP) is 5.14. The van der Waals surface area contributed by atoms with Gasteiger partial charge in [0.05, 0.1) is 5.60 Å². The minimum atomic E-state index is -0.420. The van der Waals surface area contributed by atoms with Crippen molar-refractivity contribution in [3.05, 3.63) is 65.2 Å². The Morgan fingerprint density at radius 1 is 1.04 bits per heavy atom. The van der Waals surface area contributed by atoms with E-state index in [2.05, 4.69) is 43.5 Å². The third-order valence-electron chi connectivity index (χ3n) is 5.14. The van der Waals surface area contributed by atoms with Crippen LogP contribution >= 0.6 is 11.6 Å². The molecule has 0 aliphatic rings. The Labute approximate surface area is 160 Å². The molecule has 0 aliphatic heterocycles. The molecule has 0 spiro atoms. The van der Waals surface area contributed by atoms with Crippen LogP contribution in [0.15, 0.2) is 54.6 Å². The number of methoxy groups -OCH3 is 1. The standard InChI is InChI=1S/C21H27ClN2O2/c1-20(2,26-4)21(3,14-16-8-6-5-7-9-16)15-23-19(25)24-18-12-10-17(22)11-13-18/h5-13H,14-15H2,1-4H3,(H2,23,24,25). The molecule has 5 heteroatoms. The predicted molar refractivity (Wildman–Crippen MR) is 108 cm³/mol. The van der Waals surface area contributed by atoms with Crippen LogP contribution in [0.5, 0.6) is 0 Å². The second kappa shape index (κ2) is 8.56. The van der Waals surface area contributed by atoms with Gasteiger partial charge in [-0.05, 0) is 50.1 Å². The number of ether oxygens (including phenoxy) is 1. The van der Waals surface area contributed by atoms with Crippen LogP contribution in [0.1, 0.15) is 26.3 Å². The van der Waals surface area contributed by atoms with Gasteiger partial charge in [0, 0.05) is 29.8 Å². The van der Waals surface area contributed by atoms with Crippen molar-refractivity contribution in [2.75, 3.05) is 19.0 Å². The number of anilines is 1. The van der Waals surface area contributed by atoms with Crippen LogP contribution in [0, 0.1) is 5.41 Å².